The highest BCUT2D eigenvalue weighted by Crippen LogP contribution is 2.56. The molecule has 0 bridgehead atoms. The number of hydrogen-bond acceptors (Lipinski definition) is 7. The van der Waals surface area contributed by atoms with E-state index in [9.17, 15) is 0 Å². The smallest absolute Gasteiger partial charge is 0.161 e. The third-order valence-electron chi connectivity index (χ3n) is 10.4. The van der Waals surface area contributed by atoms with E-state index >= 15 is 0 Å². The minimum absolute atomic E-state index is 0.0445. The minimum atomic E-state index is -0.0469. The van der Waals surface area contributed by atoms with Crippen molar-refractivity contribution in [1.29, 1.82) is 0 Å². The van der Waals surface area contributed by atoms with E-state index in [-0.39, 0.29) is 24.2 Å². The monoisotopic (exact) mass is 616 g/mol. The summed E-state index contributed by atoms with van der Waals surface area (Å²) in [6, 6.07) is 29.8. The molecule has 5 heterocycles. The number of allylic oxidation sites excluding steroid dienone is 1. The van der Waals surface area contributed by atoms with Crippen LogP contribution in [0.3, 0.4) is 0 Å². The van der Waals surface area contributed by atoms with Gasteiger partial charge in [0.2, 0.25) is 0 Å². The molecule has 6 aromatic rings. The van der Waals surface area contributed by atoms with E-state index in [1.807, 2.05) is 12.3 Å². The van der Waals surface area contributed by atoms with Gasteiger partial charge in [-0.1, -0.05) is 78.9 Å². The lowest BCUT2D eigenvalue weighted by atomic mass is 9.76. The summed E-state index contributed by atoms with van der Waals surface area (Å²) in [5.74, 6) is 1.80. The molecule has 7 nitrogen and oxygen atoms in total. The first-order chi connectivity index (χ1) is 23.0. The molecular formula is C40H36N6O. The SMILES string of the molecule is C=CC1c2ccccc2N2c3cnc(-c4ccccc4C)nc3N(C)C2C1C1N(C)C=CN1c1c(C)ccc2c1oc1ccccc12. The van der Waals surface area contributed by atoms with Crippen molar-refractivity contribution < 1.29 is 4.42 Å². The van der Waals surface area contributed by atoms with Gasteiger partial charge in [0.05, 0.1) is 11.9 Å². The van der Waals surface area contributed by atoms with Crippen LogP contribution in [0.4, 0.5) is 22.9 Å². The van der Waals surface area contributed by atoms with Crippen molar-refractivity contribution in [2.75, 3.05) is 28.8 Å². The second kappa shape index (κ2) is 10.2. The van der Waals surface area contributed by atoms with E-state index in [2.05, 4.69) is 151 Å². The third kappa shape index (κ3) is 3.86. The van der Waals surface area contributed by atoms with Crippen molar-refractivity contribution >= 4 is 44.8 Å². The van der Waals surface area contributed by atoms with Gasteiger partial charge in [0, 0.05) is 60.4 Å². The molecular weight excluding hydrogens is 580 g/mol. The van der Waals surface area contributed by atoms with Crippen LogP contribution in [-0.4, -0.2) is 41.3 Å². The fourth-order valence-electron chi connectivity index (χ4n) is 8.31. The molecule has 3 aliphatic heterocycles. The molecule has 3 aliphatic rings. The number of anilines is 4. The summed E-state index contributed by atoms with van der Waals surface area (Å²) in [5, 5.41) is 2.26. The molecule has 0 saturated carbocycles. The summed E-state index contributed by atoms with van der Waals surface area (Å²) in [6.07, 6.45) is 8.46. The lowest BCUT2D eigenvalue weighted by molar-refractivity contribution is 0.203. The zero-order chi connectivity index (χ0) is 32.0. The Morgan fingerprint density at radius 2 is 1.57 bits per heavy atom. The highest BCUT2D eigenvalue weighted by molar-refractivity contribution is 6.09. The number of furan rings is 1. The van der Waals surface area contributed by atoms with Crippen molar-refractivity contribution in [2.24, 2.45) is 5.92 Å². The van der Waals surface area contributed by atoms with Gasteiger partial charge in [-0.2, -0.15) is 0 Å². The predicted molar refractivity (Wildman–Crippen MR) is 191 cm³/mol. The Hall–Kier alpha value is -5.56. The zero-order valence-electron chi connectivity index (χ0n) is 27.0. The molecule has 0 saturated heterocycles. The largest absolute Gasteiger partial charge is 0.454 e. The number of aromatic nitrogens is 2. The number of rotatable bonds is 4. The van der Waals surface area contributed by atoms with Crippen LogP contribution in [0, 0.1) is 19.8 Å². The van der Waals surface area contributed by atoms with Crippen LogP contribution in [0.15, 0.2) is 121 Å². The fourth-order valence-corrected chi connectivity index (χ4v) is 8.31. The van der Waals surface area contributed by atoms with Gasteiger partial charge in [-0.25, -0.2) is 9.97 Å². The summed E-state index contributed by atoms with van der Waals surface area (Å²) in [5.41, 5.74) is 9.73. The highest BCUT2D eigenvalue weighted by Gasteiger charge is 2.54. The van der Waals surface area contributed by atoms with Crippen molar-refractivity contribution in [3.63, 3.8) is 0 Å². The first kappa shape index (κ1) is 27.7. The van der Waals surface area contributed by atoms with Crippen molar-refractivity contribution in [1.82, 2.24) is 14.9 Å². The van der Waals surface area contributed by atoms with Crippen LogP contribution in [0.5, 0.6) is 0 Å². The first-order valence-corrected chi connectivity index (χ1v) is 16.2. The summed E-state index contributed by atoms with van der Waals surface area (Å²) in [7, 11) is 4.36. The second-order valence-corrected chi connectivity index (χ2v) is 13.0. The molecule has 0 amide bonds. The number of fused-ring (bicyclic) bond motifs is 8. The number of nitrogens with zero attached hydrogens (tertiary/aromatic N) is 6. The molecule has 4 unspecified atom stereocenters. The highest BCUT2D eigenvalue weighted by atomic mass is 16.3. The third-order valence-corrected chi connectivity index (χ3v) is 10.4. The van der Waals surface area contributed by atoms with Gasteiger partial charge in [0.15, 0.2) is 17.2 Å². The van der Waals surface area contributed by atoms with E-state index in [1.54, 1.807) is 0 Å². The molecule has 47 heavy (non-hydrogen) atoms. The fraction of sp³-hybridized carbons (Fsp3) is 0.200. The predicted octanol–water partition coefficient (Wildman–Crippen LogP) is 8.72. The van der Waals surface area contributed by atoms with Gasteiger partial charge in [-0.15, -0.1) is 6.58 Å². The summed E-state index contributed by atoms with van der Waals surface area (Å²) < 4.78 is 6.63. The Morgan fingerprint density at radius 1 is 0.787 bits per heavy atom. The average Bonchev–Trinajstić information content (AvgIpc) is 3.75. The lowest BCUT2D eigenvalue weighted by Crippen LogP contribution is -2.59. The van der Waals surface area contributed by atoms with Crippen molar-refractivity contribution in [3.8, 4) is 11.4 Å². The van der Waals surface area contributed by atoms with E-state index in [0.717, 1.165) is 56.1 Å². The van der Waals surface area contributed by atoms with Gasteiger partial charge in [0.25, 0.3) is 0 Å². The summed E-state index contributed by atoms with van der Waals surface area (Å²) in [6.45, 7) is 8.73. The first-order valence-electron chi connectivity index (χ1n) is 16.2. The standard InChI is InChI=1S/C40H36N6O/c1-6-26-28-15-9-11-17-31(28)46-32-23-41-37(27-14-8-7-13-24(27)2)42-38(32)44(5)40(46)34(26)39-43(4)21-22-45(39)35-25(3)19-20-30-29-16-10-12-18-33(29)47-36(30)35/h6-23,26,34,39-40H,1H2,2-5H3. The topological polar surface area (TPSA) is 51.9 Å². The second-order valence-electron chi connectivity index (χ2n) is 13.0. The van der Waals surface area contributed by atoms with Gasteiger partial charge >= 0.3 is 0 Å². The number of hydrogen-bond donors (Lipinski definition) is 0. The maximum absolute atomic E-state index is 6.63. The molecule has 0 radical (unpaired) electrons. The van der Waals surface area contributed by atoms with Crippen molar-refractivity contribution in [2.45, 2.75) is 32.1 Å². The molecule has 232 valence electrons. The summed E-state index contributed by atoms with van der Waals surface area (Å²) in [4.78, 5) is 19.8. The maximum Gasteiger partial charge on any atom is 0.161 e. The van der Waals surface area contributed by atoms with Gasteiger partial charge in [0.1, 0.15) is 23.6 Å². The van der Waals surface area contributed by atoms with Crippen LogP contribution in [0.1, 0.15) is 22.6 Å². The van der Waals surface area contributed by atoms with E-state index in [0.29, 0.717) is 0 Å². The van der Waals surface area contributed by atoms with E-state index < -0.39 is 0 Å². The molecule has 2 aromatic heterocycles. The molecule has 0 spiro atoms. The molecule has 0 aliphatic carbocycles. The van der Waals surface area contributed by atoms with Crippen LogP contribution in [-0.2, 0) is 0 Å². The average molecular weight is 617 g/mol. The number of para-hydroxylation sites is 2. The minimum Gasteiger partial charge on any atom is -0.454 e. The van der Waals surface area contributed by atoms with E-state index in [1.165, 1.54) is 16.8 Å². The molecule has 9 rings (SSSR count). The van der Waals surface area contributed by atoms with Crippen LogP contribution in [0.25, 0.3) is 33.3 Å². The summed E-state index contributed by atoms with van der Waals surface area (Å²) >= 11 is 0. The Kier molecular flexibility index (Phi) is 6.03. The normalized spacial score (nSPS) is 21.4. The molecule has 4 atom stereocenters. The van der Waals surface area contributed by atoms with Crippen LogP contribution < -0.4 is 14.7 Å². The van der Waals surface area contributed by atoms with Gasteiger partial charge in [-0.3, -0.25) is 0 Å². The van der Waals surface area contributed by atoms with Crippen LogP contribution >= 0.6 is 0 Å². The Balaban J connectivity index is 1.23. The van der Waals surface area contributed by atoms with Crippen LogP contribution in [0.2, 0.25) is 0 Å². The van der Waals surface area contributed by atoms with E-state index in [4.69, 9.17) is 14.4 Å². The molecule has 7 heteroatoms. The van der Waals surface area contributed by atoms with Gasteiger partial charge < -0.3 is 24.0 Å². The molecule has 0 fully saturated rings. The van der Waals surface area contributed by atoms with Crippen molar-refractivity contribution in [3.05, 3.63) is 133 Å². The Bertz CT molecular complexity index is 2250. The molecule has 4 aromatic carbocycles. The lowest BCUT2D eigenvalue weighted by Gasteiger charge is -2.50. The number of benzene rings is 4. The quantitative estimate of drug-likeness (QED) is 0.184. The molecule has 0 N–H and O–H groups in total. The Labute approximate surface area is 274 Å². The van der Waals surface area contributed by atoms with Gasteiger partial charge in [-0.05, 0) is 42.7 Å². The zero-order valence-corrected chi connectivity index (χ0v) is 27.0. The maximum atomic E-state index is 6.63. The Morgan fingerprint density at radius 3 is 2.43 bits per heavy atom. The number of aryl methyl sites for hydroxylation is 2.